The number of rotatable bonds is 7. The van der Waals surface area contributed by atoms with E-state index in [0.29, 0.717) is 5.69 Å². The average Bonchev–Trinajstić information content (AvgIpc) is 2.76. The smallest absolute Gasteiger partial charge is 0.326 e. The molecule has 1 heterocycles. The summed E-state index contributed by atoms with van der Waals surface area (Å²) in [5.41, 5.74) is 5.31. The van der Waals surface area contributed by atoms with Gasteiger partial charge in [-0.1, -0.05) is 5.16 Å². The molecule has 0 aliphatic rings. The highest BCUT2D eigenvalue weighted by Gasteiger charge is 2.20. The maximum atomic E-state index is 11.5. The van der Waals surface area contributed by atoms with E-state index in [1.165, 1.54) is 12.3 Å². The van der Waals surface area contributed by atoms with Crippen LogP contribution < -0.4 is 11.1 Å². The first-order chi connectivity index (χ1) is 8.49. The van der Waals surface area contributed by atoms with E-state index < -0.39 is 23.8 Å². The first-order valence-electron chi connectivity index (χ1n) is 5.18. The van der Waals surface area contributed by atoms with Crippen LogP contribution >= 0.6 is 0 Å². The molecule has 8 nitrogen and oxygen atoms in total. The van der Waals surface area contributed by atoms with Gasteiger partial charge in [-0.25, -0.2) is 4.79 Å². The van der Waals surface area contributed by atoms with E-state index in [-0.39, 0.29) is 19.3 Å². The van der Waals surface area contributed by atoms with Gasteiger partial charge in [0.05, 0.1) is 12.1 Å². The van der Waals surface area contributed by atoms with Gasteiger partial charge in [-0.15, -0.1) is 0 Å². The zero-order valence-electron chi connectivity index (χ0n) is 9.46. The van der Waals surface area contributed by atoms with Crippen molar-refractivity contribution in [3.05, 3.63) is 18.0 Å². The Labute approximate surface area is 102 Å². The highest BCUT2D eigenvalue weighted by atomic mass is 16.5. The molecule has 0 fully saturated rings. The molecule has 8 heteroatoms. The highest BCUT2D eigenvalue weighted by molar-refractivity contribution is 5.85. The highest BCUT2D eigenvalue weighted by Crippen LogP contribution is 2.00. The fraction of sp³-hybridized carbons (Fsp3) is 0.400. The molecular formula is C10H13N3O5. The monoisotopic (exact) mass is 255 g/mol. The van der Waals surface area contributed by atoms with Crippen molar-refractivity contribution in [1.29, 1.82) is 0 Å². The van der Waals surface area contributed by atoms with E-state index in [0.717, 1.165) is 0 Å². The number of aliphatic carboxylic acids is 1. The molecule has 0 aliphatic heterocycles. The van der Waals surface area contributed by atoms with Gasteiger partial charge in [0.2, 0.25) is 11.8 Å². The summed E-state index contributed by atoms with van der Waals surface area (Å²) in [7, 11) is 0. The minimum Gasteiger partial charge on any atom is -0.480 e. The number of carbonyl (C=O) groups is 3. The molecular weight excluding hydrogens is 242 g/mol. The first-order valence-corrected chi connectivity index (χ1v) is 5.18. The second kappa shape index (κ2) is 6.38. The molecule has 4 N–H and O–H groups in total. The van der Waals surface area contributed by atoms with Gasteiger partial charge < -0.3 is 20.7 Å². The van der Waals surface area contributed by atoms with E-state index in [2.05, 4.69) is 15.0 Å². The number of carboxylic acid groups (broad SMARTS) is 1. The molecule has 1 atom stereocenters. The standard InChI is InChI=1S/C10H13N3O5/c11-8(14)2-1-7(10(16)17)12-9(15)5-6-3-4-18-13-6/h3-4,7H,1-2,5H2,(H2,11,14)(H,12,15)(H,16,17)/t7-/m0/s1. The van der Waals surface area contributed by atoms with Crippen molar-refractivity contribution in [3.63, 3.8) is 0 Å². The molecule has 98 valence electrons. The summed E-state index contributed by atoms with van der Waals surface area (Å²) in [6, 6.07) is 0.357. The number of amides is 2. The fourth-order valence-corrected chi connectivity index (χ4v) is 1.28. The number of carbonyl (C=O) groups excluding carboxylic acids is 2. The van der Waals surface area contributed by atoms with Crippen LogP contribution in [0, 0.1) is 0 Å². The largest absolute Gasteiger partial charge is 0.480 e. The van der Waals surface area contributed by atoms with Crippen LogP contribution in [0.4, 0.5) is 0 Å². The summed E-state index contributed by atoms with van der Waals surface area (Å²) in [4.78, 5) is 32.9. The Morgan fingerprint density at radius 1 is 1.50 bits per heavy atom. The van der Waals surface area contributed by atoms with E-state index in [9.17, 15) is 14.4 Å². The number of nitrogens with two attached hydrogens (primary N) is 1. The van der Waals surface area contributed by atoms with Gasteiger partial charge in [-0.2, -0.15) is 0 Å². The second-order valence-corrected chi connectivity index (χ2v) is 3.63. The van der Waals surface area contributed by atoms with Gasteiger partial charge in [0, 0.05) is 12.5 Å². The molecule has 0 bridgehead atoms. The summed E-state index contributed by atoms with van der Waals surface area (Å²) >= 11 is 0. The first kappa shape index (κ1) is 13.7. The van der Waals surface area contributed by atoms with Crippen molar-refractivity contribution in [2.45, 2.75) is 25.3 Å². The Bertz CT molecular complexity index is 429. The number of hydrogen-bond acceptors (Lipinski definition) is 5. The fourth-order valence-electron chi connectivity index (χ4n) is 1.28. The van der Waals surface area contributed by atoms with Crippen molar-refractivity contribution < 1.29 is 24.0 Å². The van der Waals surface area contributed by atoms with Gasteiger partial charge >= 0.3 is 5.97 Å². The number of primary amides is 1. The molecule has 2 amide bonds. The van der Waals surface area contributed by atoms with Crippen LogP contribution in [0.5, 0.6) is 0 Å². The molecule has 0 saturated heterocycles. The number of carboxylic acids is 1. The van der Waals surface area contributed by atoms with Crippen molar-refractivity contribution in [2.24, 2.45) is 5.73 Å². The van der Waals surface area contributed by atoms with E-state index in [1.807, 2.05) is 0 Å². The normalized spacial score (nSPS) is 11.8. The summed E-state index contributed by atoms with van der Waals surface area (Å²) in [6.07, 6.45) is 1.07. The zero-order valence-corrected chi connectivity index (χ0v) is 9.46. The van der Waals surface area contributed by atoms with E-state index in [4.69, 9.17) is 10.8 Å². The second-order valence-electron chi connectivity index (χ2n) is 3.63. The van der Waals surface area contributed by atoms with Crippen LogP contribution in [-0.2, 0) is 20.8 Å². The Kier molecular flexibility index (Phi) is 4.85. The predicted molar refractivity (Wildman–Crippen MR) is 58.2 cm³/mol. The minimum atomic E-state index is -1.22. The third-order valence-electron chi connectivity index (χ3n) is 2.15. The molecule has 1 aromatic heterocycles. The maximum Gasteiger partial charge on any atom is 0.326 e. The molecule has 18 heavy (non-hydrogen) atoms. The van der Waals surface area contributed by atoms with Crippen molar-refractivity contribution in [2.75, 3.05) is 0 Å². The van der Waals surface area contributed by atoms with E-state index in [1.54, 1.807) is 0 Å². The summed E-state index contributed by atoms with van der Waals surface area (Å²) < 4.78 is 4.54. The van der Waals surface area contributed by atoms with E-state index >= 15 is 0 Å². The lowest BCUT2D eigenvalue weighted by molar-refractivity contribution is -0.142. The molecule has 0 aromatic carbocycles. The Hall–Kier alpha value is -2.38. The maximum absolute atomic E-state index is 11.5. The van der Waals surface area contributed by atoms with Gasteiger partial charge in [0.15, 0.2) is 0 Å². The molecule has 0 radical (unpaired) electrons. The molecule has 0 spiro atoms. The Balaban J connectivity index is 2.47. The van der Waals surface area contributed by atoms with Crippen LogP contribution in [0.1, 0.15) is 18.5 Å². The lowest BCUT2D eigenvalue weighted by Gasteiger charge is -2.12. The van der Waals surface area contributed by atoms with Gasteiger partial charge in [-0.3, -0.25) is 9.59 Å². The van der Waals surface area contributed by atoms with Gasteiger partial charge in [-0.05, 0) is 6.42 Å². The number of nitrogens with zero attached hydrogens (tertiary/aromatic N) is 1. The lowest BCUT2D eigenvalue weighted by Crippen LogP contribution is -2.42. The third kappa shape index (κ3) is 4.64. The van der Waals surface area contributed by atoms with Crippen molar-refractivity contribution in [3.8, 4) is 0 Å². The number of aromatic nitrogens is 1. The van der Waals surface area contributed by atoms with Gasteiger partial charge in [0.1, 0.15) is 12.3 Å². The summed E-state index contributed by atoms with van der Waals surface area (Å²) in [5, 5.41) is 14.7. The topological polar surface area (TPSA) is 136 Å². The SMILES string of the molecule is NC(=O)CC[C@H](NC(=O)Cc1ccon1)C(=O)O. The van der Waals surface area contributed by atoms with Crippen LogP contribution in [0.3, 0.4) is 0 Å². The van der Waals surface area contributed by atoms with Crippen LogP contribution in [0.15, 0.2) is 16.9 Å². The van der Waals surface area contributed by atoms with Crippen LogP contribution in [0.2, 0.25) is 0 Å². The quantitative estimate of drug-likeness (QED) is 0.574. The van der Waals surface area contributed by atoms with Crippen LogP contribution in [-0.4, -0.2) is 34.1 Å². The van der Waals surface area contributed by atoms with Gasteiger partial charge in [0.25, 0.3) is 0 Å². The van der Waals surface area contributed by atoms with Crippen molar-refractivity contribution >= 4 is 17.8 Å². The molecule has 0 saturated carbocycles. The minimum absolute atomic E-state index is 0.0464. The molecule has 1 rings (SSSR count). The predicted octanol–water partition coefficient (Wildman–Crippen LogP) is -0.948. The Morgan fingerprint density at radius 3 is 2.72 bits per heavy atom. The summed E-state index contributed by atoms with van der Waals surface area (Å²) in [5.74, 6) is -2.35. The van der Waals surface area contributed by atoms with Crippen molar-refractivity contribution in [1.82, 2.24) is 10.5 Å². The van der Waals surface area contributed by atoms with Crippen LogP contribution in [0.25, 0.3) is 0 Å². The zero-order chi connectivity index (χ0) is 13.5. The lowest BCUT2D eigenvalue weighted by atomic mass is 10.1. The molecule has 0 unspecified atom stereocenters. The number of nitrogens with one attached hydrogen (secondary N) is 1. The molecule has 1 aromatic rings. The third-order valence-corrected chi connectivity index (χ3v) is 2.15. The average molecular weight is 255 g/mol. The number of hydrogen-bond donors (Lipinski definition) is 3. The summed E-state index contributed by atoms with van der Waals surface area (Å²) in [6.45, 7) is 0. The Morgan fingerprint density at radius 2 is 2.22 bits per heavy atom. The molecule has 0 aliphatic carbocycles.